The van der Waals surface area contributed by atoms with Gasteiger partial charge in [-0.15, -0.1) is 0 Å². The third-order valence-electron chi connectivity index (χ3n) is 3.83. The van der Waals surface area contributed by atoms with E-state index in [1.807, 2.05) is 13.8 Å². The molecule has 0 aliphatic carbocycles. The molecular formula is C15H26N4O. The summed E-state index contributed by atoms with van der Waals surface area (Å²) in [4.78, 5) is 13.7. The Bertz CT molecular complexity index is 449. The van der Waals surface area contributed by atoms with Crippen LogP contribution in [0.25, 0.3) is 0 Å². The fourth-order valence-corrected chi connectivity index (χ4v) is 2.77. The first-order valence-electron chi connectivity index (χ1n) is 7.51. The van der Waals surface area contributed by atoms with Gasteiger partial charge in [0.15, 0.2) is 0 Å². The zero-order valence-electron chi connectivity index (χ0n) is 13.0. The lowest BCUT2D eigenvalue weighted by Crippen LogP contribution is -2.53. The number of β-amino-alcohol motifs (C(OH)–C–C–N with tert-alkyl or cyclic N) is 1. The van der Waals surface area contributed by atoms with Crippen molar-refractivity contribution in [1.82, 2.24) is 14.9 Å². The Morgan fingerprint density at radius 1 is 1.40 bits per heavy atom. The van der Waals surface area contributed by atoms with E-state index >= 15 is 0 Å². The average Bonchev–Trinajstić information content (AvgIpc) is 2.39. The van der Waals surface area contributed by atoms with Crippen LogP contribution in [0.5, 0.6) is 0 Å². The molecule has 0 saturated carbocycles. The van der Waals surface area contributed by atoms with E-state index in [1.165, 1.54) is 0 Å². The molecule has 1 saturated heterocycles. The lowest BCUT2D eigenvalue weighted by molar-refractivity contribution is 0.0958. The minimum absolute atomic E-state index is 0.267. The molecule has 5 nitrogen and oxygen atoms in total. The molecule has 0 aromatic carbocycles. The number of aryl methyl sites for hydroxylation is 2. The van der Waals surface area contributed by atoms with E-state index < -0.39 is 0 Å². The van der Waals surface area contributed by atoms with Crippen LogP contribution < -0.4 is 4.90 Å². The molecule has 1 N–H and O–H groups in total. The number of piperazine rings is 1. The van der Waals surface area contributed by atoms with Gasteiger partial charge >= 0.3 is 0 Å². The highest BCUT2D eigenvalue weighted by Gasteiger charge is 2.25. The SMILES string of the molecule is CCc1cc(N2CCN(CC(C)O)C(C)C2)nc(C)n1. The molecule has 2 heterocycles. The van der Waals surface area contributed by atoms with Crippen LogP contribution in [-0.2, 0) is 6.42 Å². The number of aromatic nitrogens is 2. The van der Waals surface area contributed by atoms with Crippen molar-refractivity contribution in [3.8, 4) is 0 Å². The van der Waals surface area contributed by atoms with Crippen LogP contribution >= 0.6 is 0 Å². The molecule has 2 rings (SSSR count). The Morgan fingerprint density at radius 3 is 2.75 bits per heavy atom. The minimum Gasteiger partial charge on any atom is -0.392 e. The van der Waals surface area contributed by atoms with Gasteiger partial charge in [-0.25, -0.2) is 9.97 Å². The van der Waals surface area contributed by atoms with Crippen LogP contribution in [0.15, 0.2) is 6.07 Å². The highest BCUT2D eigenvalue weighted by Crippen LogP contribution is 2.18. The molecule has 0 spiro atoms. The lowest BCUT2D eigenvalue weighted by Gasteiger charge is -2.41. The third-order valence-corrected chi connectivity index (χ3v) is 3.83. The summed E-state index contributed by atoms with van der Waals surface area (Å²) in [5, 5.41) is 9.53. The number of hydrogen-bond acceptors (Lipinski definition) is 5. The predicted molar refractivity (Wildman–Crippen MR) is 81.1 cm³/mol. The highest BCUT2D eigenvalue weighted by atomic mass is 16.3. The standard InChI is InChI=1S/C15H26N4O/c1-5-14-8-15(17-13(4)16-14)19-7-6-18(10-12(3)20)11(2)9-19/h8,11-12,20H,5-7,9-10H2,1-4H3. The number of aliphatic hydroxyl groups excluding tert-OH is 1. The molecule has 1 aromatic rings. The molecule has 0 radical (unpaired) electrons. The Morgan fingerprint density at radius 2 is 2.15 bits per heavy atom. The molecule has 1 aliphatic heterocycles. The van der Waals surface area contributed by atoms with Gasteiger partial charge in [0.05, 0.1) is 6.10 Å². The van der Waals surface area contributed by atoms with Gasteiger partial charge in [0.2, 0.25) is 0 Å². The van der Waals surface area contributed by atoms with Gasteiger partial charge in [-0.2, -0.15) is 0 Å². The molecular weight excluding hydrogens is 252 g/mol. The first-order chi connectivity index (χ1) is 9.49. The summed E-state index contributed by atoms with van der Waals surface area (Å²) in [5.41, 5.74) is 1.10. The normalized spacial score (nSPS) is 22.1. The zero-order chi connectivity index (χ0) is 14.7. The summed E-state index contributed by atoms with van der Waals surface area (Å²) in [6.07, 6.45) is 0.672. The first-order valence-corrected chi connectivity index (χ1v) is 7.51. The smallest absolute Gasteiger partial charge is 0.132 e. The first kappa shape index (κ1) is 15.2. The van der Waals surface area contributed by atoms with Gasteiger partial charge < -0.3 is 10.0 Å². The van der Waals surface area contributed by atoms with E-state index in [0.29, 0.717) is 6.04 Å². The van der Waals surface area contributed by atoms with Gasteiger partial charge in [-0.3, -0.25) is 4.90 Å². The topological polar surface area (TPSA) is 52.5 Å². The van der Waals surface area contributed by atoms with Crippen LogP contribution in [0.4, 0.5) is 5.82 Å². The van der Waals surface area contributed by atoms with E-state index in [1.54, 1.807) is 0 Å². The maximum absolute atomic E-state index is 9.53. The summed E-state index contributed by atoms with van der Waals surface area (Å²) >= 11 is 0. The third kappa shape index (κ3) is 3.67. The van der Waals surface area contributed by atoms with Crippen LogP contribution in [0.3, 0.4) is 0 Å². The van der Waals surface area contributed by atoms with Crippen molar-refractivity contribution in [2.24, 2.45) is 0 Å². The molecule has 5 heteroatoms. The number of aliphatic hydroxyl groups is 1. The van der Waals surface area contributed by atoms with Crippen molar-refractivity contribution in [2.75, 3.05) is 31.1 Å². The second-order valence-corrected chi connectivity index (χ2v) is 5.76. The number of nitrogens with zero attached hydrogens (tertiary/aromatic N) is 4. The molecule has 2 unspecified atom stereocenters. The van der Waals surface area contributed by atoms with E-state index in [0.717, 1.165) is 49.9 Å². The summed E-state index contributed by atoms with van der Waals surface area (Å²) in [6, 6.07) is 2.53. The highest BCUT2D eigenvalue weighted by molar-refractivity contribution is 5.40. The second-order valence-electron chi connectivity index (χ2n) is 5.76. The zero-order valence-corrected chi connectivity index (χ0v) is 13.0. The van der Waals surface area contributed by atoms with Crippen LogP contribution in [-0.4, -0.2) is 58.3 Å². The van der Waals surface area contributed by atoms with Crippen molar-refractivity contribution in [1.29, 1.82) is 0 Å². The Balaban J connectivity index is 2.07. The van der Waals surface area contributed by atoms with E-state index in [9.17, 15) is 5.11 Å². The second kappa shape index (κ2) is 6.50. The average molecular weight is 278 g/mol. The molecule has 1 aliphatic rings. The minimum atomic E-state index is -0.267. The lowest BCUT2D eigenvalue weighted by atomic mass is 10.1. The van der Waals surface area contributed by atoms with Gasteiger partial charge in [-0.05, 0) is 27.2 Å². The van der Waals surface area contributed by atoms with E-state index in [2.05, 4.69) is 39.7 Å². The van der Waals surface area contributed by atoms with Crippen molar-refractivity contribution >= 4 is 5.82 Å². The number of hydrogen-bond donors (Lipinski definition) is 1. The van der Waals surface area contributed by atoms with Gasteiger partial charge in [-0.1, -0.05) is 6.92 Å². The van der Waals surface area contributed by atoms with Gasteiger partial charge in [0.25, 0.3) is 0 Å². The Kier molecular flexibility index (Phi) is 4.94. The maximum atomic E-state index is 9.53. The van der Waals surface area contributed by atoms with E-state index in [4.69, 9.17) is 0 Å². The van der Waals surface area contributed by atoms with E-state index in [-0.39, 0.29) is 6.10 Å². The molecule has 20 heavy (non-hydrogen) atoms. The summed E-state index contributed by atoms with van der Waals surface area (Å²) < 4.78 is 0. The van der Waals surface area contributed by atoms with Crippen LogP contribution in [0.2, 0.25) is 0 Å². The molecule has 1 fully saturated rings. The predicted octanol–water partition coefficient (Wildman–Crippen LogP) is 1.24. The quantitative estimate of drug-likeness (QED) is 0.898. The molecule has 1 aromatic heterocycles. The summed E-state index contributed by atoms with van der Waals surface area (Å²) in [5.74, 6) is 1.89. The van der Waals surface area contributed by atoms with Gasteiger partial charge in [0, 0.05) is 44.0 Å². The number of rotatable bonds is 4. The summed E-state index contributed by atoms with van der Waals surface area (Å²) in [6.45, 7) is 11.8. The van der Waals surface area contributed by atoms with Gasteiger partial charge in [0.1, 0.15) is 11.6 Å². The molecule has 112 valence electrons. The Labute approximate surface area is 121 Å². The van der Waals surface area contributed by atoms with Crippen LogP contribution in [0, 0.1) is 6.92 Å². The van der Waals surface area contributed by atoms with Crippen molar-refractivity contribution in [3.05, 3.63) is 17.6 Å². The largest absolute Gasteiger partial charge is 0.392 e. The maximum Gasteiger partial charge on any atom is 0.132 e. The number of anilines is 1. The van der Waals surface area contributed by atoms with Crippen molar-refractivity contribution in [2.45, 2.75) is 46.3 Å². The summed E-state index contributed by atoms with van der Waals surface area (Å²) in [7, 11) is 0. The van der Waals surface area contributed by atoms with Crippen molar-refractivity contribution < 1.29 is 5.11 Å². The molecule has 0 bridgehead atoms. The van der Waals surface area contributed by atoms with Crippen molar-refractivity contribution in [3.63, 3.8) is 0 Å². The fourth-order valence-electron chi connectivity index (χ4n) is 2.77. The Hall–Kier alpha value is -1.20. The molecule has 0 amide bonds. The van der Waals surface area contributed by atoms with Crippen LogP contribution in [0.1, 0.15) is 32.3 Å². The molecule has 2 atom stereocenters. The monoisotopic (exact) mass is 278 g/mol. The fraction of sp³-hybridized carbons (Fsp3) is 0.733.